The number of H-pyrrole nitrogens is 1. The molecule has 0 aromatic carbocycles. The highest BCUT2D eigenvalue weighted by Crippen LogP contribution is 2.40. The molecule has 3 aliphatic rings. The molecular weight excluding hydrogens is 244 g/mol. The lowest BCUT2D eigenvalue weighted by Crippen LogP contribution is -2.65. The third-order valence-corrected chi connectivity index (χ3v) is 4.49. The molecule has 6 nitrogen and oxygen atoms in total. The minimum absolute atomic E-state index is 0.0776. The van der Waals surface area contributed by atoms with E-state index in [1.165, 1.54) is 6.07 Å². The van der Waals surface area contributed by atoms with E-state index in [4.69, 9.17) is 10.5 Å². The van der Waals surface area contributed by atoms with Gasteiger partial charge in [0.05, 0.1) is 12.1 Å². The lowest BCUT2D eigenvalue weighted by atomic mass is 9.72. The molecule has 0 bridgehead atoms. The Morgan fingerprint density at radius 2 is 2.26 bits per heavy atom. The van der Waals surface area contributed by atoms with Gasteiger partial charge in [-0.05, 0) is 19.3 Å². The predicted molar refractivity (Wildman–Crippen MR) is 70.1 cm³/mol. The number of nitrogens with one attached hydrogen (secondary N) is 2. The minimum atomic E-state index is -0.101. The van der Waals surface area contributed by atoms with Crippen molar-refractivity contribution >= 4 is 5.82 Å². The largest absolute Gasteiger partial charge is 0.376 e. The van der Waals surface area contributed by atoms with E-state index in [2.05, 4.69) is 15.3 Å². The number of aromatic amines is 1. The SMILES string of the molecule is NC1C2CCOC2C1Nc1cc(=O)[nH]c(C2CC2)n1. The van der Waals surface area contributed by atoms with Crippen LogP contribution in [0.25, 0.3) is 0 Å². The number of hydrogen-bond donors (Lipinski definition) is 3. The summed E-state index contributed by atoms with van der Waals surface area (Å²) in [7, 11) is 0. The molecule has 0 spiro atoms. The first-order valence-corrected chi connectivity index (χ1v) is 6.97. The summed E-state index contributed by atoms with van der Waals surface area (Å²) in [6.07, 6.45) is 3.45. The molecule has 19 heavy (non-hydrogen) atoms. The Balaban J connectivity index is 1.55. The van der Waals surface area contributed by atoms with Gasteiger partial charge >= 0.3 is 0 Å². The number of fused-ring (bicyclic) bond motifs is 1. The zero-order valence-electron chi connectivity index (χ0n) is 10.6. The fraction of sp³-hybridized carbons (Fsp3) is 0.692. The van der Waals surface area contributed by atoms with Gasteiger partial charge in [-0.2, -0.15) is 0 Å². The summed E-state index contributed by atoms with van der Waals surface area (Å²) < 4.78 is 5.67. The van der Waals surface area contributed by atoms with Crippen LogP contribution in [0.5, 0.6) is 0 Å². The lowest BCUT2D eigenvalue weighted by molar-refractivity contribution is 0.00522. The van der Waals surface area contributed by atoms with Crippen LogP contribution in [0.1, 0.15) is 31.0 Å². The minimum Gasteiger partial charge on any atom is -0.376 e. The van der Waals surface area contributed by atoms with Crippen LogP contribution in [0.3, 0.4) is 0 Å². The highest BCUT2D eigenvalue weighted by Gasteiger charge is 2.52. The van der Waals surface area contributed by atoms with Crippen molar-refractivity contribution in [3.8, 4) is 0 Å². The van der Waals surface area contributed by atoms with E-state index in [9.17, 15) is 4.79 Å². The van der Waals surface area contributed by atoms with Crippen molar-refractivity contribution in [2.45, 2.75) is 43.4 Å². The summed E-state index contributed by atoms with van der Waals surface area (Å²) in [6.45, 7) is 0.789. The van der Waals surface area contributed by atoms with Crippen LogP contribution >= 0.6 is 0 Å². The molecule has 1 aliphatic heterocycles. The molecule has 0 amide bonds. The summed E-state index contributed by atoms with van der Waals surface area (Å²) in [5.41, 5.74) is 6.05. The summed E-state index contributed by atoms with van der Waals surface area (Å²) >= 11 is 0. The van der Waals surface area contributed by atoms with Gasteiger partial charge in [0.1, 0.15) is 11.6 Å². The van der Waals surface area contributed by atoms with E-state index >= 15 is 0 Å². The van der Waals surface area contributed by atoms with Gasteiger partial charge in [0.25, 0.3) is 5.56 Å². The molecule has 4 rings (SSSR count). The molecule has 6 heteroatoms. The Morgan fingerprint density at radius 1 is 1.42 bits per heavy atom. The number of ether oxygens (including phenoxy) is 1. The average Bonchev–Trinajstić information content (AvgIpc) is 3.15. The van der Waals surface area contributed by atoms with Crippen LogP contribution in [-0.4, -0.2) is 34.8 Å². The highest BCUT2D eigenvalue weighted by molar-refractivity contribution is 5.38. The Hall–Kier alpha value is -1.40. The van der Waals surface area contributed by atoms with Gasteiger partial charge in [-0.3, -0.25) is 4.79 Å². The number of aromatic nitrogens is 2. The van der Waals surface area contributed by atoms with Crippen LogP contribution in [0.15, 0.2) is 10.9 Å². The molecule has 1 aromatic heterocycles. The maximum atomic E-state index is 11.6. The first-order valence-electron chi connectivity index (χ1n) is 6.97. The van der Waals surface area contributed by atoms with Gasteiger partial charge in [-0.1, -0.05) is 0 Å². The van der Waals surface area contributed by atoms with Gasteiger partial charge in [0.15, 0.2) is 0 Å². The van der Waals surface area contributed by atoms with E-state index in [-0.39, 0.29) is 23.7 Å². The second kappa shape index (κ2) is 4.05. The fourth-order valence-electron chi connectivity index (χ4n) is 3.20. The summed E-state index contributed by atoms with van der Waals surface area (Å²) in [4.78, 5) is 18.9. The molecule has 2 saturated carbocycles. The Labute approximate surface area is 110 Å². The maximum Gasteiger partial charge on any atom is 0.252 e. The average molecular weight is 262 g/mol. The number of nitrogens with zero attached hydrogens (tertiary/aromatic N) is 1. The number of anilines is 1. The van der Waals surface area contributed by atoms with Crippen molar-refractivity contribution in [2.24, 2.45) is 11.7 Å². The Morgan fingerprint density at radius 3 is 3.05 bits per heavy atom. The van der Waals surface area contributed by atoms with Crippen molar-refractivity contribution in [1.29, 1.82) is 0 Å². The first kappa shape index (κ1) is 11.4. The standard InChI is InChI=1S/C13H18N4O2/c14-10-7-3-4-19-12(7)11(10)15-8-5-9(18)17-13(16-8)6-1-2-6/h5-7,10-12H,1-4,14H2,(H2,15,16,17,18). The van der Waals surface area contributed by atoms with Gasteiger partial charge in [-0.15, -0.1) is 0 Å². The van der Waals surface area contributed by atoms with Crippen molar-refractivity contribution in [3.63, 3.8) is 0 Å². The second-order valence-corrected chi connectivity index (χ2v) is 5.83. The molecule has 102 valence electrons. The second-order valence-electron chi connectivity index (χ2n) is 5.83. The predicted octanol–water partition coefficient (Wildman–Crippen LogP) is 0.174. The zero-order chi connectivity index (χ0) is 13.0. The third kappa shape index (κ3) is 1.86. The van der Waals surface area contributed by atoms with Crippen molar-refractivity contribution < 1.29 is 4.74 Å². The van der Waals surface area contributed by atoms with E-state index in [0.29, 0.717) is 17.7 Å². The fourth-order valence-corrected chi connectivity index (χ4v) is 3.20. The molecule has 3 fully saturated rings. The topological polar surface area (TPSA) is 93.0 Å². The molecule has 1 saturated heterocycles. The van der Waals surface area contributed by atoms with Crippen LogP contribution < -0.4 is 16.6 Å². The van der Waals surface area contributed by atoms with Crippen molar-refractivity contribution in [2.75, 3.05) is 11.9 Å². The Bertz CT molecular complexity index is 554. The monoisotopic (exact) mass is 262 g/mol. The molecule has 2 heterocycles. The zero-order valence-corrected chi connectivity index (χ0v) is 10.6. The summed E-state index contributed by atoms with van der Waals surface area (Å²) in [5, 5.41) is 3.28. The quantitative estimate of drug-likeness (QED) is 0.722. The molecule has 2 aliphatic carbocycles. The number of hydrogen-bond acceptors (Lipinski definition) is 5. The van der Waals surface area contributed by atoms with Crippen LogP contribution in [0.2, 0.25) is 0 Å². The van der Waals surface area contributed by atoms with Gasteiger partial charge < -0.3 is 20.8 Å². The molecule has 4 atom stereocenters. The van der Waals surface area contributed by atoms with Gasteiger partial charge in [0.2, 0.25) is 0 Å². The molecule has 0 radical (unpaired) electrons. The van der Waals surface area contributed by atoms with Crippen LogP contribution in [-0.2, 0) is 4.74 Å². The normalized spacial score (nSPS) is 36.7. The van der Waals surface area contributed by atoms with E-state index < -0.39 is 0 Å². The smallest absolute Gasteiger partial charge is 0.252 e. The molecule has 4 unspecified atom stereocenters. The molecule has 1 aromatic rings. The maximum absolute atomic E-state index is 11.6. The van der Waals surface area contributed by atoms with Crippen LogP contribution in [0, 0.1) is 5.92 Å². The Kier molecular flexibility index (Phi) is 2.43. The van der Waals surface area contributed by atoms with E-state index in [1.54, 1.807) is 0 Å². The van der Waals surface area contributed by atoms with Crippen molar-refractivity contribution in [1.82, 2.24) is 9.97 Å². The van der Waals surface area contributed by atoms with Crippen molar-refractivity contribution in [3.05, 3.63) is 22.2 Å². The van der Waals surface area contributed by atoms with Crippen LogP contribution in [0.4, 0.5) is 5.82 Å². The highest BCUT2D eigenvalue weighted by atomic mass is 16.5. The molecule has 4 N–H and O–H groups in total. The summed E-state index contributed by atoms with van der Waals surface area (Å²) in [5.74, 6) is 2.31. The molecular formula is C13H18N4O2. The van der Waals surface area contributed by atoms with Gasteiger partial charge in [0, 0.05) is 30.6 Å². The summed E-state index contributed by atoms with van der Waals surface area (Å²) in [6, 6.07) is 1.67. The lowest BCUT2D eigenvalue weighted by Gasteiger charge is -2.45. The third-order valence-electron chi connectivity index (χ3n) is 4.49. The first-order chi connectivity index (χ1) is 9.22. The van der Waals surface area contributed by atoms with E-state index in [1.807, 2.05) is 0 Å². The number of rotatable bonds is 3. The van der Waals surface area contributed by atoms with Gasteiger partial charge in [-0.25, -0.2) is 4.98 Å². The number of nitrogens with two attached hydrogens (primary N) is 1. The van der Waals surface area contributed by atoms with E-state index in [0.717, 1.165) is 31.7 Å².